The largest absolute Gasteiger partial charge is 4.00 e. The van der Waals surface area contributed by atoms with Crippen molar-refractivity contribution in [3.8, 4) is 5.69 Å². The van der Waals surface area contributed by atoms with E-state index >= 15 is 0 Å². The predicted octanol–water partition coefficient (Wildman–Crippen LogP) is 5.35. The van der Waals surface area contributed by atoms with E-state index in [1.54, 1.807) is 0 Å². The van der Waals surface area contributed by atoms with Crippen molar-refractivity contribution >= 4 is 44.6 Å². The molecule has 0 radical (unpaired) electrons. The molecule has 0 bridgehead atoms. The molecule has 0 N–H and O–H groups in total. The SMILES string of the molecule is CN1C=CN(c2[c-]c3c(cc2)c2ccc(N4C=CN(C)[CH-]4)[c-]c2n3-c2[c-]c(N3C=CN(C)[CH-]3)cc(N3C=CN(C)[CH-]3)[c-]2)[CH-]1.[Pt+4].[Pt+4]. The van der Waals surface area contributed by atoms with Crippen LogP contribution in [0.1, 0.15) is 0 Å². The van der Waals surface area contributed by atoms with E-state index in [0.717, 1.165) is 50.2 Å². The molecule has 0 saturated carbocycles. The molecular formula is C34H29N9Pt2. The Balaban J connectivity index is 0.00000179. The summed E-state index contributed by atoms with van der Waals surface area (Å²) in [7, 11) is 8.07. The predicted molar refractivity (Wildman–Crippen MR) is 171 cm³/mol. The quantitative estimate of drug-likeness (QED) is 0.248. The van der Waals surface area contributed by atoms with Crippen LogP contribution in [0.3, 0.4) is 0 Å². The second-order valence-corrected chi connectivity index (χ2v) is 11.0. The Morgan fingerprint density at radius 2 is 0.800 bits per heavy atom. The van der Waals surface area contributed by atoms with Gasteiger partial charge >= 0.3 is 42.1 Å². The molecule has 8 rings (SSSR count). The van der Waals surface area contributed by atoms with Crippen LogP contribution in [0.4, 0.5) is 22.7 Å². The van der Waals surface area contributed by atoms with Crippen molar-refractivity contribution in [1.82, 2.24) is 24.2 Å². The van der Waals surface area contributed by atoms with Gasteiger partial charge in [-0.1, -0.05) is 11.0 Å². The van der Waals surface area contributed by atoms with Crippen molar-refractivity contribution in [3.05, 3.63) is 131 Å². The molecule has 0 aliphatic carbocycles. The molecule has 0 saturated heterocycles. The summed E-state index contributed by atoms with van der Waals surface area (Å²) in [5.41, 5.74) is 6.33. The number of benzene rings is 3. The number of hydrogen-bond donors (Lipinski definition) is 0. The van der Waals surface area contributed by atoms with E-state index in [9.17, 15) is 0 Å². The maximum Gasteiger partial charge on any atom is 4.00 e. The third kappa shape index (κ3) is 5.62. The van der Waals surface area contributed by atoms with Gasteiger partial charge in [-0.2, -0.15) is 61.7 Å². The standard InChI is InChI=1S/C34H29N9.2Pt/c1-35-9-13-39(22-35)26-5-7-31-32-8-6-27(40-14-10-36(2)23-40)21-34(32)43(33(31)20-26)30-18-28(41-15-11-37(3)24-41)17-29(19-30)42-16-12-38(4)25-42;;/h5-17,22-25H,1-4H3;;/q-8;2*+4. The molecule has 230 valence electrons. The van der Waals surface area contributed by atoms with Gasteiger partial charge in [-0.15, -0.1) is 23.5 Å². The van der Waals surface area contributed by atoms with Gasteiger partial charge in [0.1, 0.15) is 0 Å². The monoisotopic (exact) mass is 953 g/mol. The summed E-state index contributed by atoms with van der Waals surface area (Å²) < 4.78 is 2.19. The molecule has 0 unspecified atom stereocenters. The van der Waals surface area contributed by atoms with Crippen LogP contribution in [-0.2, 0) is 42.1 Å². The molecular weight excluding hydrogens is 925 g/mol. The van der Waals surface area contributed by atoms with Crippen molar-refractivity contribution in [3.63, 3.8) is 0 Å². The first-order chi connectivity index (χ1) is 20.9. The summed E-state index contributed by atoms with van der Waals surface area (Å²) in [6, 6.07) is 25.5. The van der Waals surface area contributed by atoms with Gasteiger partial charge in [0, 0.05) is 0 Å². The van der Waals surface area contributed by atoms with Crippen LogP contribution >= 0.6 is 0 Å². The smallest absolute Gasteiger partial charge is 0.520 e. The molecule has 4 aliphatic heterocycles. The molecule has 45 heavy (non-hydrogen) atoms. The fraction of sp³-hybridized carbons (Fsp3) is 0.118. The zero-order valence-electron chi connectivity index (χ0n) is 25.0. The first-order valence-electron chi connectivity index (χ1n) is 14.0. The molecule has 0 fully saturated rings. The molecule has 1 aromatic heterocycles. The van der Waals surface area contributed by atoms with Gasteiger partial charge in [-0.25, -0.2) is 23.1 Å². The summed E-state index contributed by atoms with van der Waals surface area (Å²) >= 11 is 0. The van der Waals surface area contributed by atoms with Crippen molar-refractivity contribution in [2.75, 3.05) is 47.8 Å². The van der Waals surface area contributed by atoms with E-state index in [0.29, 0.717) is 0 Å². The minimum Gasteiger partial charge on any atom is -0.520 e. The topological polar surface area (TPSA) is 30.9 Å². The van der Waals surface area contributed by atoms with E-state index in [4.69, 9.17) is 0 Å². The van der Waals surface area contributed by atoms with Crippen molar-refractivity contribution < 1.29 is 42.1 Å². The zero-order chi connectivity index (χ0) is 29.2. The Morgan fingerprint density at radius 3 is 1.13 bits per heavy atom. The number of rotatable bonds is 5. The van der Waals surface area contributed by atoms with Crippen LogP contribution in [-0.4, -0.2) is 52.4 Å². The number of fused-ring (bicyclic) bond motifs is 3. The molecule has 5 heterocycles. The normalized spacial score (nSPS) is 17.2. The van der Waals surface area contributed by atoms with Gasteiger partial charge in [0.2, 0.25) is 0 Å². The first-order valence-corrected chi connectivity index (χ1v) is 14.0. The van der Waals surface area contributed by atoms with Crippen LogP contribution < -0.4 is 19.6 Å². The second-order valence-electron chi connectivity index (χ2n) is 11.0. The van der Waals surface area contributed by atoms with Crippen LogP contribution in [0.15, 0.2) is 79.9 Å². The maximum atomic E-state index is 3.72. The van der Waals surface area contributed by atoms with Gasteiger partial charge in [-0.05, 0) is 77.8 Å². The minimum atomic E-state index is 0. The van der Waals surface area contributed by atoms with Crippen LogP contribution in [0.5, 0.6) is 0 Å². The summed E-state index contributed by atoms with van der Waals surface area (Å²) in [4.78, 5) is 16.4. The summed E-state index contributed by atoms with van der Waals surface area (Å²) in [6.45, 7) is 8.15. The third-order valence-electron chi connectivity index (χ3n) is 7.73. The molecule has 9 nitrogen and oxygen atoms in total. The number of anilines is 4. The molecule has 0 spiro atoms. The van der Waals surface area contributed by atoms with Crippen molar-refractivity contribution in [1.29, 1.82) is 0 Å². The Kier molecular flexibility index (Phi) is 8.44. The summed E-state index contributed by atoms with van der Waals surface area (Å²) in [6.07, 6.45) is 16.2. The zero-order valence-corrected chi connectivity index (χ0v) is 29.5. The van der Waals surface area contributed by atoms with Gasteiger partial charge < -0.3 is 55.9 Å². The number of hydrogen-bond acceptors (Lipinski definition) is 8. The average molecular weight is 954 g/mol. The van der Waals surface area contributed by atoms with Gasteiger partial charge in [0.25, 0.3) is 0 Å². The molecule has 0 amide bonds. The second kappa shape index (κ2) is 12.2. The van der Waals surface area contributed by atoms with E-state index in [-0.39, 0.29) is 42.1 Å². The van der Waals surface area contributed by atoms with Gasteiger partial charge in [0.15, 0.2) is 0 Å². The Hall–Kier alpha value is -3.80. The number of aromatic nitrogens is 1. The molecule has 4 aliphatic rings. The number of nitrogens with zero attached hydrogens (tertiary/aromatic N) is 9. The summed E-state index contributed by atoms with van der Waals surface area (Å²) in [5.74, 6) is 0. The van der Waals surface area contributed by atoms with Crippen molar-refractivity contribution in [2.24, 2.45) is 0 Å². The molecule has 4 aromatic rings. The van der Waals surface area contributed by atoms with E-state index < -0.39 is 0 Å². The molecule has 11 heteroatoms. The van der Waals surface area contributed by atoms with Crippen molar-refractivity contribution in [2.45, 2.75) is 0 Å². The summed E-state index contributed by atoms with van der Waals surface area (Å²) in [5, 5.41) is 2.18. The molecule has 3 aromatic carbocycles. The van der Waals surface area contributed by atoms with E-state index in [2.05, 4.69) is 78.8 Å². The Labute approximate surface area is 293 Å². The third-order valence-corrected chi connectivity index (χ3v) is 7.73. The maximum absolute atomic E-state index is 3.72. The van der Waals surface area contributed by atoms with Crippen LogP contribution in [0.2, 0.25) is 0 Å². The van der Waals surface area contributed by atoms with E-state index in [1.165, 1.54) is 0 Å². The van der Waals surface area contributed by atoms with Crippen LogP contribution in [0.25, 0.3) is 27.5 Å². The fourth-order valence-corrected chi connectivity index (χ4v) is 5.60. The minimum absolute atomic E-state index is 0. The van der Waals surface area contributed by atoms with E-state index in [1.807, 2.05) is 124 Å². The van der Waals surface area contributed by atoms with Gasteiger partial charge in [-0.3, -0.25) is 0 Å². The Bertz CT molecular complexity index is 1730. The molecule has 0 atom stereocenters. The average Bonchev–Trinajstić information content (AvgIpc) is 3.84. The first kappa shape index (κ1) is 31.2. The van der Waals surface area contributed by atoms with Crippen LogP contribution in [0, 0.1) is 50.9 Å². The Morgan fingerprint density at radius 1 is 0.444 bits per heavy atom. The van der Waals surface area contributed by atoms with Gasteiger partial charge in [0.05, 0.1) is 0 Å². The fourth-order valence-electron chi connectivity index (χ4n) is 5.60.